The first-order valence-corrected chi connectivity index (χ1v) is 8.44. The van der Waals surface area contributed by atoms with Crippen molar-refractivity contribution in [3.63, 3.8) is 0 Å². The van der Waals surface area contributed by atoms with Gasteiger partial charge >= 0.3 is 0 Å². The van der Waals surface area contributed by atoms with Crippen molar-refractivity contribution in [3.8, 4) is 11.8 Å². The van der Waals surface area contributed by atoms with Crippen molar-refractivity contribution in [1.29, 1.82) is 5.26 Å². The van der Waals surface area contributed by atoms with Gasteiger partial charge in [0.05, 0.1) is 22.7 Å². The highest BCUT2D eigenvalue weighted by Gasteiger charge is 2.10. The molecule has 0 aliphatic carbocycles. The van der Waals surface area contributed by atoms with Crippen molar-refractivity contribution in [2.45, 2.75) is 13.8 Å². The summed E-state index contributed by atoms with van der Waals surface area (Å²) in [6.07, 6.45) is 1.85. The number of hydrogen-bond donors (Lipinski definition) is 0. The lowest BCUT2D eigenvalue weighted by Gasteiger charge is -2.11. The number of aryl methyl sites for hydroxylation is 1. The number of nitriles is 1. The van der Waals surface area contributed by atoms with Gasteiger partial charge in [0.1, 0.15) is 5.75 Å². The third-order valence-electron chi connectivity index (χ3n) is 3.11. The summed E-state index contributed by atoms with van der Waals surface area (Å²) in [6, 6.07) is 14.1. The molecule has 0 fully saturated rings. The second kappa shape index (κ2) is 7.62. The van der Waals surface area contributed by atoms with Crippen molar-refractivity contribution in [2.24, 2.45) is 0 Å². The van der Waals surface area contributed by atoms with Crippen LogP contribution in [0.15, 0.2) is 45.3 Å². The summed E-state index contributed by atoms with van der Waals surface area (Å²) in [6.45, 7) is 4.53. The number of benzene rings is 2. The summed E-state index contributed by atoms with van der Waals surface area (Å²) >= 11 is 6.99. The van der Waals surface area contributed by atoms with Crippen molar-refractivity contribution in [1.82, 2.24) is 0 Å². The Bertz CT molecular complexity index is 743. The van der Waals surface area contributed by atoms with Gasteiger partial charge in [-0.3, -0.25) is 0 Å². The van der Waals surface area contributed by atoms with Gasteiger partial charge in [-0.1, -0.05) is 45.8 Å². The van der Waals surface area contributed by atoms with Crippen LogP contribution >= 0.6 is 31.9 Å². The summed E-state index contributed by atoms with van der Waals surface area (Å²) in [5.41, 5.74) is 3.53. The van der Waals surface area contributed by atoms with E-state index in [0.717, 1.165) is 25.8 Å². The van der Waals surface area contributed by atoms with E-state index in [1.54, 1.807) is 0 Å². The minimum absolute atomic E-state index is 0.563. The predicted octanol–water partition coefficient (Wildman–Crippen LogP) is 5.98. The summed E-state index contributed by atoms with van der Waals surface area (Å²) in [5, 5.41) is 9.49. The Hall–Kier alpha value is -1.57. The summed E-state index contributed by atoms with van der Waals surface area (Å²) in [7, 11) is 0. The van der Waals surface area contributed by atoms with Gasteiger partial charge in [-0.2, -0.15) is 5.26 Å². The van der Waals surface area contributed by atoms with Gasteiger partial charge in [-0.05, 0) is 53.5 Å². The van der Waals surface area contributed by atoms with Gasteiger partial charge in [0, 0.05) is 10.0 Å². The number of nitrogens with zero attached hydrogens (tertiary/aromatic N) is 1. The lowest BCUT2D eigenvalue weighted by atomic mass is 10.0. The Morgan fingerprint density at radius 1 is 1.23 bits per heavy atom. The molecule has 0 bridgehead atoms. The molecule has 0 unspecified atom stereocenters. The van der Waals surface area contributed by atoms with Crippen LogP contribution in [0.2, 0.25) is 0 Å². The monoisotopic (exact) mass is 419 g/mol. The molecular formula is C18H15Br2NO. The Morgan fingerprint density at radius 2 is 1.91 bits per heavy atom. The number of halogens is 2. The highest BCUT2D eigenvalue weighted by atomic mass is 79.9. The second-order valence-electron chi connectivity index (χ2n) is 4.77. The number of rotatable bonds is 4. The van der Waals surface area contributed by atoms with Crippen LogP contribution in [-0.4, -0.2) is 6.61 Å². The molecule has 0 N–H and O–H groups in total. The van der Waals surface area contributed by atoms with E-state index >= 15 is 0 Å². The van der Waals surface area contributed by atoms with Crippen molar-refractivity contribution in [2.75, 3.05) is 6.61 Å². The molecule has 0 heterocycles. The quantitative estimate of drug-likeness (QED) is 0.450. The van der Waals surface area contributed by atoms with Crippen LogP contribution in [0.1, 0.15) is 23.6 Å². The van der Waals surface area contributed by atoms with Crippen LogP contribution in [0, 0.1) is 18.3 Å². The van der Waals surface area contributed by atoms with Gasteiger partial charge in [-0.15, -0.1) is 0 Å². The molecule has 0 aliphatic heterocycles. The molecule has 2 rings (SSSR count). The average molecular weight is 421 g/mol. The molecule has 0 atom stereocenters. The van der Waals surface area contributed by atoms with Crippen LogP contribution in [-0.2, 0) is 0 Å². The summed E-state index contributed by atoms with van der Waals surface area (Å²) < 4.78 is 7.49. The van der Waals surface area contributed by atoms with Crippen LogP contribution in [0.25, 0.3) is 11.6 Å². The third-order valence-corrected chi connectivity index (χ3v) is 4.16. The fraction of sp³-hybridized carbons (Fsp3) is 0.167. The molecule has 0 amide bonds. The fourth-order valence-corrected chi connectivity index (χ4v) is 3.43. The van der Waals surface area contributed by atoms with E-state index in [1.165, 1.54) is 5.56 Å². The van der Waals surface area contributed by atoms with Crippen LogP contribution in [0.4, 0.5) is 0 Å². The van der Waals surface area contributed by atoms with E-state index in [0.29, 0.717) is 12.2 Å². The molecular weight excluding hydrogens is 406 g/mol. The van der Waals surface area contributed by atoms with Gasteiger partial charge in [0.2, 0.25) is 0 Å². The zero-order valence-corrected chi connectivity index (χ0v) is 15.5. The minimum Gasteiger partial charge on any atom is -0.492 e. The molecule has 0 spiro atoms. The number of hydrogen-bond acceptors (Lipinski definition) is 2. The highest BCUT2D eigenvalue weighted by molar-refractivity contribution is 9.11. The maximum absolute atomic E-state index is 9.49. The average Bonchev–Trinajstić information content (AvgIpc) is 2.49. The maximum Gasteiger partial charge on any atom is 0.140 e. The third kappa shape index (κ3) is 4.00. The normalized spacial score (nSPS) is 11.1. The van der Waals surface area contributed by atoms with Gasteiger partial charge in [-0.25, -0.2) is 0 Å². The summed E-state index contributed by atoms with van der Waals surface area (Å²) in [5.74, 6) is 0.741. The van der Waals surface area contributed by atoms with E-state index < -0.39 is 0 Å². The number of allylic oxidation sites excluding steroid dienone is 1. The molecule has 0 aliphatic rings. The van der Waals surface area contributed by atoms with Gasteiger partial charge < -0.3 is 4.74 Å². The zero-order valence-electron chi connectivity index (χ0n) is 12.4. The molecule has 2 nitrogen and oxygen atoms in total. The topological polar surface area (TPSA) is 33.0 Å². The zero-order chi connectivity index (χ0) is 16.1. The first-order valence-electron chi connectivity index (χ1n) is 6.85. The SMILES string of the molecule is CCOc1c(Br)cc(Br)cc1/C=C(\C#N)c1ccc(C)cc1. The Balaban J connectivity index is 2.54. The van der Waals surface area contributed by atoms with E-state index in [1.807, 2.05) is 56.3 Å². The molecule has 4 heteroatoms. The Labute approximate surface area is 147 Å². The van der Waals surface area contributed by atoms with Crippen molar-refractivity contribution in [3.05, 3.63) is 62.0 Å². The lowest BCUT2D eigenvalue weighted by molar-refractivity contribution is 0.337. The molecule has 2 aromatic rings. The van der Waals surface area contributed by atoms with Gasteiger partial charge in [0.15, 0.2) is 0 Å². The van der Waals surface area contributed by atoms with E-state index in [-0.39, 0.29) is 0 Å². The standard InChI is InChI=1S/C18H15Br2NO/c1-3-22-18-14(9-16(19)10-17(18)20)8-15(11-21)13-6-4-12(2)5-7-13/h4-10H,3H2,1-2H3/b15-8+. The minimum atomic E-state index is 0.563. The molecule has 0 saturated carbocycles. The Morgan fingerprint density at radius 3 is 2.50 bits per heavy atom. The van der Waals surface area contributed by atoms with Gasteiger partial charge in [0.25, 0.3) is 0 Å². The summed E-state index contributed by atoms with van der Waals surface area (Å²) in [4.78, 5) is 0. The van der Waals surface area contributed by atoms with Crippen molar-refractivity contribution >= 4 is 43.5 Å². The highest BCUT2D eigenvalue weighted by Crippen LogP contribution is 2.35. The molecule has 22 heavy (non-hydrogen) atoms. The van der Waals surface area contributed by atoms with Crippen LogP contribution < -0.4 is 4.74 Å². The Kier molecular flexibility index (Phi) is 5.82. The first-order chi connectivity index (χ1) is 10.5. The predicted molar refractivity (Wildman–Crippen MR) is 97.7 cm³/mol. The molecule has 112 valence electrons. The largest absolute Gasteiger partial charge is 0.492 e. The van der Waals surface area contributed by atoms with E-state index in [2.05, 4.69) is 37.9 Å². The molecule has 2 aromatic carbocycles. The van der Waals surface area contributed by atoms with Crippen LogP contribution in [0.3, 0.4) is 0 Å². The molecule has 0 aromatic heterocycles. The van der Waals surface area contributed by atoms with Crippen LogP contribution in [0.5, 0.6) is 5.75 Å². The lowest BCUT2D eigenvalue weighted by Crippen LogP contribution is -1.96. The van der Waals surface area contributed by atoms with Crippen molar-refractivity contribution < 1.29 is 4.74 Å². The fourth-order valence-electron chi connectivity index (χ4n) is 2.05. The maximum atomic E-state index is 9.49. The molecule has 0 saturated heterocycles. The van der Waals surface area contributed by atoms with E-state index in [4.69, 9.17) is 4.74 Å². The first kappa shape index (κ1) is 16.8. The second-order valence-corrected chi connectivity index (χ2v) is 6.54. The number of ether oxygens (including phenoxy) is 1. The van der Waals surface area contributed by atoms with E-state index in [9.17, 15) is 5.26 Å². The smallest absolute Gasteiger partial charge is 0.140 e. The molecule has 0 radical (unpaired) electrons.